The maximum absolute atomic E-state index is 9.06. The Morgan fingerprint density at radius 3 is 2.06 bits per heavy atom. The first-order valence-electron chi connectivity index (χ1n) is 10.3. The number of methoxy groups -OCH3 is 2. The van der Waals surface area contributed by atoms with Crippen LogP contribution in [0, 0.1) is 0 Å². The summed E-state index contributed by atoms with van der Waals surface area (Å²) in [6.07, 6.45) is 6.51. The van der Waals surface area contributed by atoms with Gasteiger partial charge in [-0.3, -0.25) is 4.79 Å². The number of carbonyl (C=O) groups excluding carboxylic acids is 1. The van der Waals surface area contributed by atoms with Crippen LogP contribution in [0.25, 0.3) is 6.08 Å². The highest BCUT2D eigenvalue weighted by atomic mass is 16.5. The molecule has 6 heteroatoms. The van der Waals surface area contributed by atoms with Crippen molar-refractivity contribution in [2.24, 2.45) is 0 Å². The summed E-state index contributed by atoms with van der Waals surface area (Å²) in [5, 5.41) is 12.5. The molecule has 172 valence electrons. The van der Waals surface area contributed by atoms with Crippen LogP contribution in [0.3, 0.4) is 0 Å². The van der Waals surface area contributed by atoms with Gasteiger partial charge in [-0.25, -0.2) is 0 Å². The fourth-order valence-electron chi connectivity index (χ4n) is 2.82. The van der Waals surface area contributed by atoms with Crippen LogP contribution in [-0.2, 0) is 11.2 Å². The van der Waals surface area contributed by atoms with E-state index < -0.39 is 0 Å². The van der Waals surface area contributed by atoms with Gasteiger partial charge in [0.2, 0.25) is 6.41 Å². The molecule has 3 N–H and O–H groups in total. The molecule has 0 aliphatic carbocycles. The third-order valence-corrected chi connectivity index (χ3v) is 4.22. The van der Waals surface area contributed by atoms with Gasteiger partial charge in [0.1, 0.15) is 0 Å². The maximum atomic E-state index is 9.06. The molecule has 1 heterocycles. The Morgan fingerprint density at radius 1 is 1.03 bits per heavy atom. The van der Waals surface area contributed by atoms with Gasteiger partial charge in [0.25, 0.3) is 0 Å². The van der Waals surface area contributed by atoms with Crippen LogP contribution in [0.1, 0.15) is 30.9 Å². The molecular formula is C25H38N2O4. The van der Waals surface area contributed by atoms with Gasteiger partial charge in [0.05, 0.1) is 14.2 Å². The van der Waals surface area contributed by atoms with Crippen LogP contribution < -0.4 is 20.1 Å². The lowest BCUT2D eigenvalue weighted by Crippen LogP contribution is -2.03. The number of carbonyl (C=O) groups is 1. The fraction of sp³-hybridized carbons (Fsp3) is 0.400. The highest BCUT2D eigenvalue weighted by Crippen LogP contribution is 2.28. The van der Waals surface area contributed by atoms with Gasteiger partial charge in [0.15, 0.2) is 11.5 Å². The van der Waals surface area contributed by atoms with Crippen LogP contribution in [0.4, 0.5) is 0 Å². The van der Waals surface area contributed by atoms with Gasteiger partial charge >= 0.3 is 0 Å². The molecule has 1 aliphatic heterocycles. The smallest absolute Gasteiger partial charge is 0.206 e. The zero-order valence-corrected chi connectivity index (χ0v) is 19.5. The zero-order valence-electron chi connectivity index (χ0n) is 19.5. The van der Waals surface area contributed by atoms with E-state index in [0.717, 1.165) is 25.0 Å². The van der Waals surface area contributed by atoms with Gasteiger partial charge < -0.3 is 25.2 Å². The van der Waals surface area contributed by atoms with Crippen LogP contribution in [0.2, 0.25) is 0 Å². The second-order valence-corrected chi connectivity index (χ2v) is 6.63. The first-order valence-corrected chi connectivity index (χ1v) is 10.3. The maximum Gasteiger partial charge on any atom is 0.206 e. The summed E-state index contributed by atoms with van der Waals surface area (Å²) >= 11 is 0. The number of aliphatic hydroxyl groups excluding tert-OH is 1. The normalized spacial score (nSPS) is 12.0. The molecule has 31 heavy (non-hydrogen) atoms. The van der Waals surface area contributed by atoms with E-state index in [-0.39, 0.29) is 0 Å². The highest BCUT2D eigenvalue weighted by molar-refractivity contribution is 5.53. The van der Waals surface area contributed by atoms with E-state index in [4.69, 9.17) is 19.4 Å². The zero-order chi connectivity index (χ0) is 23.3. The minimum Gasteiger partial charge on any atom is -0.493 e. The molecule has 0 bridgehead atoms. The molecule has 1 fully saturated rings. The number of ether oxygens (including phenoxy) is 2. The number of rotatable bonds is 6. The van der Waals surface area contributed by atoms with Crippen molar-refractivity contribution in [2.75, 3.05) is 41.5 Å². The molecule has 3 rings (SSSR count). The van der Waals surface area contributed by atoms with E-state index in [1.54, 1.807) is 21.3 Å². The summed E-state index contributed by atoms with van der Waals surface area (Å²) in [5.74, 6) is 1.54. The molecule has 0 saturated carbocycles. The van der Waals surface area contributed by atoms with Crippen LogP contribution >= 0.6 is 0 Å². The van der Waals surface area contributed by atoms with E-state index in [9.17, 15) is 0 Å². The highest BCUT2D eigenvalue weighted by Gasteiger charge is 2.05. The van der Waals surface area contributed by atoms with E-state index in [0.29, 0.717) is 6.41 Å². The first-order chi connectivity index (χ1) is 15.1. The van der Waals surface area contributed by atoms with Crippen molar-refractivity contribution in [1.29, 1.82) is 0 Å². The van der Waals surface area contributed by atoms with Crippen molar-refractivity contribution in [3.63, 3.8) is 0 Å². The van der Waals surface area contributed by atoms with E-state index in [1.807, 2.05) is 18.2 Å². The molecule has 0 radical (unpaired) electrons. The Kier molecular flexibility index (Phi) is 17.4. The Hall–Kier alpha value is -2.83. The van der Waals surface area contributed by atoms with Gasteiger partial charge in [-0.05, 0) is 62.5 Å². The molecule has 1 saturated heterocycles. The average molecular weight is 431 g/mol. The number of aliphatic hydroxyl groups is 1. The largest absolute Gasteiger partial charge is 0.493 e. The summed E-state index contributed by atoms with van der Waals surface area (Å²) in [5.41, 5.74) is 3.75. The molecule has 2 aromatic rings. The topological polar surface area (TPSA) is 79.8 Å². The number of amides is 1. The number of allylic oxidation sites excluding steroid dienone is 1. The van der Waals surface area contributed by atoms with Gasteiger partial charge in [0, 0.05) is 14.2 Å². The van der Waals surface area contributed by atoms with Crippen molar-refractivity contribution in [2.45, 2.75) is 26.2 Å². The summed E-state index contributed by atoms with van der Waals surface area (Å²) in [6.45, 7) is 4.64. The van der Waals surface area contributed by atoms with Crippen molar-refractivity contribution in [3.05, 3.63) is 65.2 Å². The van der Waals surface area contributed by atoms with Crippen LogP contribution in [0.15, 0.2) is 54.1 Å². The Bertz CT molecular complexity index is 722. The van der Waals surface area contributed by atoms with E-state index in [1.165, 1.54) is 42.6 Å². The molecule has 6 nitrogen and oxygen atoms in total. The molecule has 0 aromatic heterocycles. The van der Waals surface area contributed by atoms with Crippen molar-refractivity contribution < 1.29 is 19.4 Å². The molecule has 2 aromatic carbocycles. The minimum absolute atomic E-state index is 0.625. The first kappa shape index (κ1) is 28.2. The Balaban J connectivity index is 0.000000674. The van der Waals surface area contributed by atoms with Crippen molar-refractivity contribution >= 4 is 12.5 Å². The molecule has 1 aliphatic rings. The SMILES string of the molecule is C1CCNC1.CNC=O.CO.COc1ccc(C/C(C)=C/c2ccccc2)cc1OC. The molecule has 0 atom stereocenters. The molecule has 0 unspecified atom stereocenters. The monoisotopic (exact) mass is 430 g/mol. The number of benzene rings is 2. The summed E-state index contributed by atoms with van der Waals surface area (Å²) in [7, 11) is 5.87. The predicted octanol–water partition coefficient (Wildman–Crippen LogP) is 3.69. The van der Waals surface area contributed by atoms with Gasteiger partial charge in [-0.2, -0.15) is 0 Å². The third-order valence-electron chi connectivity index (χ3n) is 4.22. The number of nitrogens with one attached hydrogen (secondary N) is 2. The lowest BCUT2D eigenvalue weighted by molar-refractivity contribution is -0.109. The number of hydrogen-bond donors (Lipinski definition) is 3. The van der Waals surface area contributed by atoms with Gasteiger partial charge in [-0.1, -0.05) is 48.0 Å². The summed E-state index contributed by atoms with van der Waals surface area (Å²) in [6, 6.07) is 16.4. The molecular weight excluding hydrogens is 392 g/mol. The Morgan fingerprint density at radius 2 is 1.61 bits per heavy atom. The van der Waals surface area contributed by atoms with Gasteiger partial charge in [-0.15, -0.1) is 0 Å². The lowest BCUT2D eigenvalue weighted by atomic mass is 10.0. The minimum atomic E-state index is 0.625. The van der Waals surface area contributed by atoms with Crippen LogP contribution in [-0.4, -0.2) is 53.0 Å². The van der Waals surface area contributed by atoms with Crippen molar-refractivity contribution in [3.8, 4) is 11.5 Å². The predicted molar refractivity (Wildman–Crippen MR) is 129 cm³/mol. The van der Waals surface area contributed by atoms with E-state index >= 15 is 0 Å². The third kappa shape index (κ3) is 13.2. The molecule has 1 amide bonds. The van der Waals surface area contributed by atoms with E-state index in [2.05, 4.69) is 54.0 Å². The fourth-order valence-corrected chi connectivity index (χ4v) is 2.82. The second-order valence-electron chi connectivity index (χ2n) is 6.63. The second kappa shape index (κ2) is 19.2. The van der Waals surface area contributed by atoms with Crippen LogP contribution in [0.5, 0.6) is 11.5 Å². The quantitative estimate of drug-likeness (QED) is 0.609. The average Bonchev–Trinajstić information content (AvgIpc) is 3.41. The Labute approximate surface area is 187 Å². The van der Waals surface area contributed by atoms with Crippen molar-refractivity contribution in [1.82, 2.24) is 10.6 Å². The summed E-state index contributed by atoms with van der Waals surface area (Å²) < 4.78 is 10.6. The number of hydrogen-bond acceptors (Lipinski definition) is 5. The standard InChI is InChI=1S/C18H20O2.C4H9N.C2H5NO.CH4O/c1-14(11-15-7-5-4-6-8-15)12-16-9-10-17(19-2)18(13-16)20-3;1-2-4-5-3-1;1-3-2-4;1-2/h4-11,13H,12H2,1-3H3;5H,1-4H2;2H,1H3,(H,3,4);2H,1H3/b14-11+;;;. The lowest BCUT2D eigenvalue weighted by Gasteiger charge is -2.10. The molecule has 0 spiro atoms. The summed E-state index contributed by atoms with van der Waals surface area (Å²) in [4.78, 5) is 9.06.